The van der Waals surface area contributed by atoms with E-state index in [4.69, 9.17) is 4.74 Å². The molecule has 0 radical (unpaired) electrons. The van der Waals surface area contributed by atoms with Crippen molar-refractivity contribution in [2.45, 2.75) is 57.2 Å². The number of benzene rings is 1. The summed E-state index contributed by atoms with van der Waals surface area (Å²) in [5.74, 6) is 0.404. The van der Waals surface area contributed by atoms with Gasteiger partial charge in [-0.2, -0.15) is 0 Å². The molecule has 3 fully saturated rings. The molecule has 0 aromatic heterocycles. The summed E-state index contributed by atoms with van der Waals surface area (Å²) in [6.07, 6.45) is 1.83. The molecule has 2 heterocycles. The molecular formula is C17H22N2O2. The molecule has 4 nitrogen and oxygen atoms in total. The summed E-state index contributed by atoms with van der Waals surface area (Å²) in [4.78, 5) is 12.6. The van der Waals surface area contributed by atoms with Gasteiger partial charge >= 0.3 is 6.09 Å². The van der Waals surface area contributed by atoms with Gasteiger partial charge in [0.15, 0.2) is 0 Å². The quantitative estimate of drug-likeness (QED) is 0.791. The van der Waals surface area contributed by atoms with Crippen molar-refractivity contribution in [3.05, 3.63) is 30.3 Å². The van der Waals surface area contributed by atoms with Crippen LogP contribution in [0.4, 0.5) is 10.5 Å². The number of ether oxygens (including phenoxy) is 1. The van der Waals surface area contributed by atoms with Gasteiger partial charge in [-0.3, -0.25) is 5.01 Å². The molecule has 4 rings (SSSR count). The molecule has 2 saturated heterocycles. The number of hydrogen-bond donors (Lipinski definition) is 0. The van der Waals surface area contributed by atoms with E-state index >= 15 is 0 Å². The molecule has 0 spiro atoms. The Labute approximate surface area is 125 Å². The van der Waals surface area contributed by atoms with Gasteiger partial charge < -0.3 is 4.74 Å². The molecule has 0 bridgehead atoms. The zero-order chi connectivity index (χ0) is 15.0. The average Bonchev–Trinajstić information content (AvgIpc) is 2.87. The van der Waals surface area contributed by atoms with Gasteiger partial charge in [-0.15, -0.1) is 0 Å². The van der Waals surface area contributed by atoms with E-state index in [1.54, 1.807) is 0 Å². The average molecular weight is 286 g/mol. The van der Waals surface area contributed by atoms with E-state index in [0.717, 1.165) is 18.5 Å². The third kappa shape index (κ3) is 1.25. The highest BCUT2D eigenvalue weighted by Crippen LogP contribution is 2.63. The number of rotatable bonds is 1. The number of nitrogens with zero attached hydrogens (tertiary/aromatic N) is 2. The number of carbonyl (C=O) groups excluding carboxylic acids is 1. The summed E-state index contributed by atoms with van der Waals surface area (Å²) in [6, 6.07) is 10.2. The Morgan fingerprint density at radius 2 is 1.76 bits per heavy atom. The zero-order valence-corrected chi connectivity index (χ0v) is 13.1. The number of para-hydroxylation sites is 1. The van der Waals surface area contributed by atoms with Gasteiger partial charge in [0, 0.05) is 5.92 Å². The highest BCUT2D eigenvalue weighted by Gasteiger charge is 2.76. The van der Waals surface area contributed by atoms with E-state index in [1.807, 2.05) is 23.2 Å². The normalized spacial score (nSPS) is 39.6. The first-order valence-electron chi connectivity index (χ1n) is 7.71. The fourth-order valence-electron chi connectivity index (χ4n) is 5.03. The maximum absolute atomic E-state index is 12.6. The lowest BCUT2D eigenvalue weighted by atomic mass is 9.74. The summed E-state index contributed by atoms with van der Waals surface area (Å²) in [5, 5.41) is 4.05. The Bertz CT molecular complexity index is 614. The van der Waals surface area contributed by atoms with Crippen LogP contribution >= 0.6 is 0 Å². The van der Waals surface area contributed by atoms with Crippen LogP contribution in [0, 0.1) is 5.92 Å². The second-order valence-electron chi connectivity index (χ2n) is 7.45. The predicted molar refractivity (Wildman–Crippen MR) is 80.9 cm³/mol. The molecule has 4 heteroatoms. The van der Waals surface area contributed by atoms with E-state index in [1.165, 1.54) is 0 Å². The lowest BCUT2D eigenvalue weighted by Crippen LogP contribution is -2.54. The molecule has 21 heavy (non-hydrogen) atoms. The summed E-state index contributed by atoms with van der Waals surface area (Å²) in [6.45, 7) is 8.77. The van der Waals surface area contributed by atoms with Gasteiger partial charge in [-0.25, -0.2) is 9.80 Å². The van der Waals surface area contributed by atoms with Crippen LogP contribution in [0.3, 0.4) is 0 Å². The highest BCUT2D eigenvalue weighted by molar-refractivity contribution is 5.78. The van der Waals surface area contributed by atoms with Gasteiger partial charge in [0.1, 0.15) is 11.1 Å². The molecule has 0 unspecified atom stereocenters. The number of anilines is 1. The van der Waals surface area contributed by atoms with Gasteiger partial charge in [0.05, 0.1) is 11.2 Å². The summed E-state index contributed by atoms with van der Waals surface area (Å²) in [5.41, 5.74) is 0.311. The number of hydrogen-bond acceptors (Lipinski definition) is 3. The first-order chi connectivity index (χ1) is 9.82. The largest absolute Gasteiger partial charge is 0.439 e. The van der Waals surface area contributed by atoms with Crippen molar-refractivity contribution >= 4 is 11.8 Å². The Kier molecular flexibility index (Phi) is 2.19. The van der Waals surface area contributed by atoms with E-state index in [0.29, 0.717) is 5.92 Å². The van der Waals surface area contributed by atoms with Crippen LogP contribution in [0.25, 0.3) is 0 Å². The van der Waals surface area contributed by atoms with Crippen LogP contribution in [-0.2, 0) is 4.74 Å². The summed E-state index contributed by atoms with van der Waals surface area (Å²) in [7, 11) is 0. The monoisotopic (exact) mass is 286 g/mol. The van der Waals surface area contributed by atoms with Gasteiger partial charge in [0.2, 0.25) is 0 Å². The van der Waals surface area contributed by atoms with E-state index in [-0.39, 0.29) is 22.8 Å². The van der Waals surface area contributed by atoms with Gasteiger partial charge in [-0.05, 0) is 52.7 Å². The van der Waals surface area contributed by atoms with Crippen molar-refractivity contribution in [3.8, 4) is 0 Å². The number of hydrazine groups is 1. The van der Waals surface area contributed by atoms with E-state index in [9.17, 15) is 4.79 Å². The first kappa shape index (κ1) is 13.0. The molecule has 1 aliphatic carbocycles. The third-order valence-electron chi connectivity index (χ3n) is 6.18. The molecule has 3 aliphatic rings. The minimum Gasteiger partial charge on any atom is -0.439 e. The Hall–Kier alpha value is -1.71. The predicted octanol–water partition coefficient (Wildman–Crippen LogP) is 3.58. The lowest BCUT2D eigenvalue weighted by molar-refractivity contribution is 0.0271. The van der Waals surface area contributed by atoms with Crippen LogP contribution < -0.4 is 5.01 Å². The van der Waals surface area contributed by atoms with Crippen molar-refractivity contribution in [2.24, 2.45) is 5.92 Å². The van der Waals surface area contributed by atoms with Crippen molar-refractivity contribution in [3.63, 3.8) is 0 Å². The van der Waals surface area contributed by atoms with E-state index < -0.39 is 0 Å². The topological polar surface area (TPSA) is 32.8 Å². The maximum atomic E-state index is 12.6. The standard InChI is InChI=1S/C17H22N2O2/c1-15(2)13-10-11-16(3)17(13,4)19(14(20)21-16)18(15)12-8-6-5-7-9-12/h5-9,13H,10-11H2,1-4H3/t13-,16-,17+/m0/s1. The molecular weight excluding hydrogens is 264 g/mol. The molecule has 112 valence electrons. The summed E-state index contributed by atoms with van der Waals surface area (Å²) >= 11 is 0. The third-order valence-corrected chi connectivity index (χ3v) is 6.18. The zero-order valence-electron chi connectivity index (χ0n) is 13.1. The van der Waals surface area contributed by atoms with Crippen LogP contribution in [0.5, 0.6) is 0 Å². The highest BCUT2D eigenvalue weighted by atomic mass is 16.6. The first-order valence-corrected chi connectivity index (χ1v) is 7.71. The molecule has 1 aromatic rings. The minimum atomic E-state index is -0.379. The van der Waals surface area contributed by atoms with Crippen LogP contribution in [0.1, 0.15) is 40.5 Å². The molecule has 1 saturated carbocycles. The molecule has 1 amide bonds. The second-order valence-corrected chi connectivity index (χ2v) is 7.45. The number of amides is 1. The van der Waals surface area contributed by atoms with Crippen LogP contribution in [-0.4, -0.2) is 27.8 Å². The lowest BCUT2D eigenvalue weighted by Gasteiger charge is -2.39. The minimum absolute atomic E-state index is 0.104. The Balaban J connectivity index is 1.92. The van der Waals surface area contributed by atoms with Crippen LogP contribution in [0.2, 0.25) is 0 Å². The Morgan fingerprint density at radius 1 is 1.10 bits per heavy atom. The van der Waals surface area contributed by atoms with Crippen molar-refractivity contribution in [2.75, 3.05) is 5.01 Å². The smallest absolute Gasteiger partial charge is 0.430 e. The fraction of sp³-hybridized carbons (Fsp3) is 0.588. The molecule has 0 N–H and O–H groups in total. The van der Waals surface area contributed by atoms with Crippen molar-refractivity contribution in [1.82, 2.24) is 5.01 Å². The number of carbonyl (C=O) groups is 1. The maximum Gasteiger partial charge on any atom is 0.430 e. The molecule has 2 aliphatic heterocycles. The van der Waals surface area contributed by atoms with E-state index in [2.05, 4.69) is 44.8 Å². The Morgan fingerprint density at radius 3 is 2.43 bits per heavy atom. The SMILES string of the molecule is CC1(C)[C@@H]2CC[C@]3(C)OC(=O)N(N1c1ccccc1)[C@]23C. The molecule has 3 atom stereocenters. The van der Waals surface area contributed by atoms with Gasteiger partial charge in [-0.1, -0.05) is 18.2 Å². The van der Waals surface area contributed by atoms with Crippen molar-refractivity contribution < 1.29 is 9.53 Å². The fourth-order valence-corrected chi connectivity index (χ4v) is 5.03. The summed E-state index contributed by atoms with van der Waals surface area (Å²) < 4.78 is 5.80. The van der Waals surface area contributed by atoms with Crippen LogP contribution in [0.15, 0.2) is 30.3 Å². The van der Waals surface area contributed by atoms with Crippen molar-refractivity contribution in [1.29, 1.82) is 0 Å². The second kappa shape index (κ2) is 3.54. The molecule has 1 aromatic carbocycles. The van der Waals surface area contributed by atoms with Gasteiger partial charge in [0.25, 0.3) is 0 Å².